The van der Waals surface area contributed by atoms with Crippen molar-refractivity contribution in [1.29, 1.82) is 0 Å². The number of nitrogens with zero attached hydrogens (tertiary/aromatic N) is 2. The summed E-state index contributed by atoms with van der Waals surface area (Å²) < 4.78 is 1.53. The van der Waals surface area contributed by atoms with E-state index in [1.807, 2.05) is 0 Å². The summed E-state index contributed by atoms with van der Waals surface area (Å²) in [7, 11) is 0. The van der Waals surface area contributed by atoms with Gasteiger partial charge in [0.15, 0.2) is 0 Å². The van der Waals surface area contributed by atoms with E-state index >= 15 is 0 Å². The molecule has 2 aromatic rings. The van der Waals surface area contributed by atoms with Crippen LogP contribution in [0.5, 0.6) is 0 Å². The molecule has 0 bridgehead atoms. The maximum Gasteiger partial charge on any atom is 2.00 e. The van der Waals surface area contributed by atoms with Gasteiger partial charge in [0.2, 0.25) is 11.4 Å². The first-order valence-corrected chi connectivity index (χ1v) is 17.7. The van der Waals surface area contributed by atoms with Crippen molar-refractivity contribution in [2.75, 3.05) is 0 Å². The van der Waals surface area contributed by atoms with E-state index in [4.69, 9.17) is 0 Å². The number of rotatable bonds is 17. The number of allylic oxidation sites excluding steroid dienone is 2. The van der Waals surface area contributed by atoms with E-state index in [0.717, 1.165) is 67.5 Å². The first-order valence-electron chi connectivity index (χ1n) is 17.7. The van der Waals surface area contributed by atoms with Gasteiger partial charge < -0.3 is 19.4 Å². The number of hydrogen-bond donors (Lipinski definition) is 0. The molecule has 0 N–H and O–H groups in total. The van der Waals surface area contributed by atoms with Crippen molar-refractivity contribution < 1.29 is 25.1 Å². The quantitative estimate of drug-likeness (QED) is 0.0516. The van der Waals surface area contributed by atoms with Crippen LogP contribution in [0.1, 0.15) is 154 Å². The summed E-state index contributed by atoms with van der Waals surface area (Å²) in [4.78, 5) is 0. The van der Waals surface area contributed by atoms with Crippen LogP contribution in [0.2, 0.25) is 0 Å². The molecular weight excluding hydrogens is 639 g/mol. The minimum atomic E-state index is 0. The van der Waals surface area contributed by atoms with Crippen molar-refractivity contribution in [3.8, 4) is 11.8 Å². The number of benzene rings is 2. The third-order valence-electron chi connectivity index (χ3n) is 8.13. The maximum atomic E-state index is 11.9. The van der Waals surface area contributed by atoms with Crippen molar-refractivity contribution in [2.45, 2.75) is 144 Å². The van der Waals surface area contributed by atoms with Crippen molar-refractivity contribution in [1.82, 2.24) is 0 Å². The number of hydrogen-bond acceptors (Lipinski definition) is 0. The fourth-order valence-corrected chi connectivity index (χ4v) is 5.92. The second-order valence-electron chi connectivity index (χ2n) is 11.2. The van der Waals surface area contributed by atoms with E-state index in [1.54, 1.807) is 13.8 Å². The molecule has 2 aromatic carbocycles. The van der Waals surface area contributed by atoms with Gasteiger partial charge >= 0.3 is 20.4 Å². The molecule has 0 saturated heterocycles. The van der Waals surface area contributed by atoms with Gasteiger partial charge in [0.05, 0.1) is 0 Å². The Kier molecular flexibility index (Phi) is 25.6. The van der Waals surface area contributed by atoms with Crippen LogP contribution in [0.25, 0.3) is 16.9 Å². The molecule has 0 spiro atoms. The molecule has 3 heteroatoms. The Morgan fingerprint density at radius 3 is 1.82 bits per heavy atom. The number of unbranched alkanes of at least 4 members (excludes halogenated alkanes) is 8. The van der Waals surface area contributed by atoms with E-state index in [-0.39, 0.29) is 20.4 Å². The molecule has 45 heavy (non-hydrogen) atoms. The summed E-state index contributed by atoms with van der Waals surface area (Å²) in [5, 5.41) is 0. The van der Waals surface area contributed by atoms with Gasteiger partial charge in [0.1, 0.15) is 0 Å². The third kappa shape index (κ3) is 14.0. The fourth-order valence-electron chi connectivity index (χ4n) is 5.92. The molecule has 0 radical (unpaired) electrons. The largest absolute Gasteiger partial charge is 2.00 e. The van der Waals surface area contributed by atoms with Gasteiger partial charge in [-0.1, -0.05) is 109 Å². The van der Waals surface area contributed by atoms with Crippen LogP contribution in [0.15, 0.2) is 59.7 Å². The van der Waals surface area contributed by atoms with E-state index in [1.165, 1.54) is 84.8 Å². The van der Waals surface area contributed by atoms with Gasteiger partial charge in [-0.3, -0.25) is 0 Å². The summed E-state index contributed by atoms with van der Waals surface area (Å²) in [6.45, 7) is 18.9. The SMILES string of the molecule is CCC#CCCc1ccccc1C1=C(CCCCCCCC)C(CC)=C(c2ccc(CCCCCC)cc2)[N+]1=[N-].[CH2-]C.[CH2-]C.[Pd+2]. The molecule has 0 fully saturated rings. The summed E-state index contributed by atoms with van der Waals surface area (Å²) >= 11 is 0. The molecule has 2 nitrogen and oxygen atoms in total. The molecule has 1 heterocycles. The molecule has 0 unspecified atom stereocenters. The van der Waals surface area contributed by atoms with Crippen LogP contribution in [-0.4, -0.2) is 4.70 Å². The smallest absolute Gasteiger partial charge is 0.493 e. The topological polar surface area (TPSA) is 25.3 Å². The molecular formula is C42H62N2Pd. The fraction of sp³-hybridized carbons (Fsp3) is 0.524. The molecule has 250 valence electrons. The molecule has 0 amide bonds. The van der Waals surface area contributed by atoms with Gasteiger partial charge in [-0.05, 0) is 67.9 Å². The van der Waals surface area contributed by atoms with Crippen LogP contribution in [0.4, 0.5) is 0 Å². The van der Waals surface area contributed by atoms with Crippen molar-refractivity contribution >= 4 is 11.4 Å². The minimum absolute atomic E-state index is 0. The predicted octanol–water partition coefficient (Wildman–Crippen LogP) is 13.2. The standard InChI is InChI=1S/C38H52N2.2C2H5.Pd/c1-5-9-12-15-16-19-26-36-34(8-4)37(33-29-27-31(28-30-33)22-17-13-10-6-2)40(39)38(36)35-25-21-20-24-32(35)23-18-14-11-7-3;2*1-2;/h20-21,24-25,27-30H,5-10,12-13,15-19,22-23,26H2,1-4H3;2*1H2,2H3;/q;2*-1;+2. The molecule has 0 aromatic heterocycles. The van der Waals surface area contributed by atoms with Crippen LogP contribution in [0.3, 0.4) is 0 Å². The van der Waals surface area contributed by atoms with Gasteiger partial charge in [0, 0.05) is 35.1 Å². The van der Waals surface area contributed by atoms with E-state index in [0.29, 0.717) is 0 Å². The Morgan fingerprint density at radius 1 is 0.622 bits per heavy atom. The number of aryl methyl sites for hydroxylation is 2. The van der Waals surface area contributed by atoms with Crippen LogP contribution >= 0.6 is 0 Å². The Hall–Kier alpha value is -2.26. The molecule has 3 rings (SSSR count). The van der Waals surface area contributed by atoms with Gasteiger partial charge in [0.25, 0.3) is 0 Å². The Morgan fingerprint density at radius 2 is 1.20 bits per heavy atom. The second-order valence-corrected chi connectivity index (χ2v) is 11.2. The average Bonchev–Trinajstić information content (AvgIpc) is 3.35. The Balaban J connectivity index is 0.00000372. The van der Waals surface area contributed by atoms with Crippen LogP contribution in [0, 0.1) is 25.7 Å². The van der Waals surface area contributed by atoms with Crippen molar-refractivity contribution in [3.05, 3.63) is 101 Å². The maximum absolute atomic E-state index is 11.9. The summed E-state index contributed by atoms with van der Waals surface area (Å²) in [5.41, 5.74) is 21.4. The zero-order valence-corrected chi connectivity index (χ0v) is 31.1. The van der Waals surface area contributed by atoms with Gasteiger partial charge in [-0.2, -0.15) is 13.8 Å². The van der Waals surface area contributed by atoms with Crippen molar-refractivity contribution in [2.24, 2.45) is 0 Å². The Labute approximate surface area is 292 Å². The molecule has 1 aliphatic rings. The first kappa shape index (κ1) is 42.7. The van der Waals surface area contributed by atoms with Gasteiger partial charge in [-0.25, -0.2) is 4.70 Å². The summed E-state index contributed by atoms with van der Waals surface area (Å²) in [6, 6.07) is 17.6. The monoisotopic (exact) mass is 700 g/mol. The van der Waals surface area contributed by atoms with Crippen molar-refractivity contribution in [3.63, 3.8) is 0 Å². The predicted molar refractivity (Wildman–Crippen MR) is 195 cm³/mol. The normalized spacial score (nSPS) is 12.0. The minimum Gasteiger partial charge on any atom is -0.493 e. The molecule has 0 atom stereocenters. The van der Waals surface area contributed by atoms with E-state index in [2.05, 4.69) is 102 Å². The van der Waals surface area contributed by atoms with Gasteiger partial charge in [-0.15, -0.1) is 11.8 Å². The zero-order valence-electron chi connectivity index (χ0n) is 29.6. The molecule has 1 aliphatic heterocycles. The average molecular weight is 701 g/mol. The van der Waals surface area contributed by atoms with E-state index in [9.17, 15) is 5.53 Å². The molecule has 0 aliphatic carbocycles. The Bertz CT molecular complexity index is 1210. The summed E-state index contributed by atoms with van der Waals surface area (Å²) in [6.07, 6.45) is 18.4. The summed E-state index contributed by atoms with van der Waals surface area (Å²) in [5.74, 6) is 6.52. The molecule has 0 saturated carbocycles. The first-order chi connectivity index (χ1) is 21.7. The zero-order chi connectivity index (χ0) is 32.6. The van der Waals surface area contributed by atoms with Crippen LogP contribution < -0.4 is 0 Å². The van der Waals surface area contributed by atoms with Crippen LogP contribution in [-0.2, 0) is 33.3 Å². The second kappa shape index (κ2) is 26.9. The third-order valence-corrected chi connectivity index (χ3v) is 8.13. The van der Waals surface area contributed by atoms with E-state index < -0.39 is 0 Å².